The van der Waals surface area contributed by atoms with Crippen molar-refractivity contribution in [2.24, 2.45) is 16.6 Å². The Hall–Kier alpha value is -2.01. The SMILES string of the molecule is CC(CN=C(N)Nc1ccc(OC(F)(F)F)cc1)COCc1ccccc1.I. The number of hydrogen-bond acceptors (Lipinski definition) is 3. The van der Waals surface area contributed by atoms with Gasteiger partial charge >= 0.3 is 6.36 Å². The first-order valence-corrected chi connectivity index (χ1v) is 8.36. The molecule has 3 N–H and O–H groups in total. The van der Waals surface area contributed by atoms with Gasteiger partial charge in [-0.15, -0.1) is 37.1 Å². The molecule has 154 valence electrons. The van der Waals surface area contributed by atoms with Gasteiger partial charge in [-0.05, 0) is 35.7 Å². The van der Waals surface area contributed by atoms with Gasteiger partial charge in [0.1, 0.15) is 5.75 Å². The minimum absolute atomic E-state index is 0. The van der Waals surface area contributed by atoms with Crippen LogP contribution in [-0.2, 0) is 11.3 Å². The first kappa shape index (κ1) is 24.0. The summed E-state index contributed by atoms with van der Waals surface area (Å²) in [7, 11) is 0. The zero-order valence-corrected chi connectivity index (χ0v) is 17.6. The molecule has 1 unspecified atom stereocenters. The van der Waals surface area contributed by atoms with E-state index in [4.69, 9.17) is 10.5 Å². The van der Waals surface area contributed by atoms with Crippen LogP contribution in [0, 0.1) is 5.92 Å². The summed E-state index contributed by atoms with van der Waals surface area (Å²) in [5.41, 5.74) is 7.42. The van der Waals surface area contributed by atoms with Crippen molar-refractivity contribution in [3.8, 4) is 5.75 Å². The molecule has 0 aliphatic heterocycles. The molecule has 0 amide bonds. The summed E-state index contributed by atoms with van der Waals surface area (Å²) in [6, 6.07) is 15.1. The van der Waals surface area contributed by atoms with E-state index in [0.717, 1.165) is 5.56 Å². The van der Waals surface area contributed by atoms with Crippen molar-refractivity contribution in [2.75, 3.05) is 18.5 Å². The molecule has 0 fully saturated rings. The first-order valence-electron chi connectivity index (χ1n) is 8.36. The summed E-state index contributed by atoms with van der Waals surface area (Å²) in [4.78, 5) is 4.22. The van der Waals surface area contributed by atoms with Crippen LogP contribution in [0.4, 0.5) is 18.9 Å². The highest BCUT2D eigenvalue weighted by Gasteiger charge is 2.30. The van der Waals surface area contributed by atoms with Crippen molar-refractivity contribution >= 4 is 35.6 Å². The summed E-state index contributed by atoms with van der Waals surface area (Å²) < 4.78 is 45.8. The zero-order chi connectivity index (χ0) is 19.7. The van der Waals surface area contributed by atoms with Gasteiger partial charge in [0, 0.05) is 12.2 Å². The van der Waals surface area contributed by atoms with Crippen molar-refractivity contribution in [1.82, 2.24) is 0 Å². The predicted octanol–water partition coefficient (Wildman–Crippen LogP) is 4.78. The molecule has 0 saturated carbocycles. The number of rotatable bonds is 8. The van der Waals surface area contributed by atoms with Crippen molar-refractivity contribution in [2.45, 2.75) is 19.9 Å². The van der Waals surface area contributed by atoms with E-state index in [9.17, 15) is 13.2 Å². The number of benzene rings is 2. The Kier molecular flexibility index (Phi) is 10.1. The third-order valence-corrected chi connectivity index (χ3v) is 3.45. The van der Waals surface area contributed by atoms with Gasteiger partial charge in [-0.3, -0.25) is 4.99 Å². The number of alkyl halides is 3. The van der Waals surface area contributed by atoms with Gasteiger partial charge in [0.25, 0.3) is 0 Å². The fourth-order valence-corrected chi connectivity index (χ4v) is 2.19. The lowest BCUT2D eigenvalue weighted by atomic mass is 10.2. The molecule has 0 heterocycles. The number of halogens is 4. The average Bonchev–Trinajstić information content (AvgIpc) is 2.61. The van der Waals surface area contributed by atoms with Crippen molar-refractivity contribution in [1.29, 1.82) is 0 Å². The molecule has 0 bridgehead atoms. The van der Waals surface area contributed by atoms with Crippen LogP contribution in [0.3, 0.4) is 0 Å². The quantitative estimate of drug-likeness (QED) is 0.306. The Morgan fingerprint density at radius 3 is 2.36 bits per heavy atom. The molecule has 2 aromatic carbocycles. The lowest BCUT2D eigenvalue weighted by molar-refractivity contribution is -0.274. The second-order valence-corrected chi connectivity index (χ2v) is 6.03. The van der Waals surface area contributed by atoms with Gasteiger partial charge < -0.3 is 20.5 Å². The van der Waals surface area contributed by atoms with Crippen LogP contribution in [-0.4, -0.2) is 25.5 Å². The third kappa shape index (κ3) is 9.79. The standard InChI is InChI=1S/C19H22F3N3O2.HI/c1-14(12-26-13-15-5-3-2-4-6-15)11-24-18(23)25-16-7-9-17(10-8-16)27-19(20,21)22;/h2-10,14H,11-13H2,1H3,(H3,23,24,25);1H. The Morgan fingerprint density at radius 2 is 1.75 bits per heavy atom. The van der Waals surface area contributed by atoms with Crippen LogP contribution in [0.25, 0.3) is 0 Å². The van der Waals surface area contributed by atoms with E-state index in [2.05, 4.69) is 15.0 Å². The molecule has 0 aromatic heterocycles. The number of aliphatic imine (C=N–C) groups is 1. The summed E-state index contributed by atoms with van der Waals surface area (Å²) in [6.45, 7) is 3.53. The van der Waals surface area contributed by atoms with Crippen molar-refractivity contribution < 1.29 is 22.6 Å². The molecule has 0 aliphatic rings. The highest BCUT2D eigenvalue weighted by molar-refractivity contribution is 14.0. The smallest absolute Gasteiger partial charge is 0.406 e. The minimum atomic E-state index is -4.71. The van der Waals surface area contributed by atoms with Crippen LogP contribution in [0.1, 0.15) is 12.5 Å². The number of guanidine groups is 1. The Morgan fingerprint density at radius 1 is 1.11 bits per heavy atom. The molecular weight excluding hydrogens is 486 g/mol. The van der Waals surface area contributed by atoms with Gasteiger partial charge in [-0.25, -0.2) is 0 Å². The Bertz CT molecular complexity index is 725. The molecule has 2 aromatic rings. The maximum Gasteiger partial charge on any atom is 0.573 e. The highest BCUT2D eigenvalue weighted by atomic mass is 127. The Labute approximate surface area is 179 Å². The average molecular weight is 509 g/mol. The third-order valence-electron chi connectivity index (χ3n) is 3.45. The molecular formula is C19H23F3IN3O2. The number of nitrogens with zero attached hydrogens (tertiary/aromatic N) is 1. The van der Waals surface area contributed by atoms with Gasteiger partial charge in [-0.1, -0.05) is 37.3 Å². The Balaban J connectivity index is 0.00000392. The van der Waals surface area contributed by atoms with Crippen LogP contribution < -0.4 is 15.8 Å². The van der Waals surface area contributed by atoms with E-state index < -0.39 is 6.36 Å². The fourth-order valence-electron chi connectivity index (χ4n) is 2.19. The van der Waals surface area contributed by atoms with E-state index in [1.807, 2.05) is 37.3 Å². The number of nitrogens with two attached hydrogens (primary N) is 1. The maximum absolute atomic E-state index is 12.1. The summed E-state index contributed by atoms with van der Waals surface area (Å²) in [6.07, 6.45) is -4.71. The van der Waals surface area contributed by atoms with E-state index in [0.29, 0.717) is 25.4 Å². The second-order valence-electron chi connectivity index (χ2n) is 6.03. The molecule has 5 nitrogen and oxygen atoms in total. The normalized spacial score (nSPS) is 12.8. The lowest BCUT2D eigenvalue weighted by Gasteiger charge is -2.12. The topological polar surface area (TPSA) is 68.9 Å². The lowest BCUT2D eigenvalue weighted by Crippen LogP contribution is -2.24. The largest absolute Gasteiger partial charge is 0.573 e. The molecule has 2 rings (SSSR count). The van der Waals surface area contributed by atoms with E-state index in [-0.39, 0.29) is 41.6 Å². The monoisotopic (exact) mass is 509 g/mol. The van der Waals surface area contributed by atoms with Gasteiger partial charge in [0.15, 0.2) is 5.96 Å². The number of anilines is 1. The molecule has 9 heteroatoms. The molecule has 0 aliphatic carbocycles. The summed E-state index contributed by atoms with van der Waals surface area (Å²) in [5.74, 6) is 0.0405. The van der Waals surface area contributed by atoms with Gasteiger partial charge in [-0.2, -0.15) is 0 Å². The van der Waals surface area contributed by atoms with Crippen molar-refractivity contribution in [3.63, 3.8) is 0 Å². The molecule has 1 atom stereocenters. The minimum Gasteiger partial charge on any atom is -0.406 e. The zero-order valence-electron chi connectivity index (χ0n) is 15.3. The van der Waals surface area contributed by atoms with Crippen LogP contribution in [0.15, 0.2) is 59.6 Å². The summed E-state index contributed by atoms with van der Waals surface area (Å²) >= 11 is 0. The van der Waals surface area contributed by atoms with E-state index in [1.165, 1.54) is 24.3 Å². The second kappa shape index (κ2) is 11.7. The van der Waals surface area contributed by atoms with Crippen molar-refractivity contribution in [3.05, 3.63) is 60.2 Å². The van der Waals surface area contributed by atoms with Gasteiger partial charge in [0.2, 0.25) is 0 Å². The maximum atomic E-state index is 12.1. The molecule has 0 spiro atoms. The van der Waals surface area contributed by atoms with Gasteiger partial charge in [0.05, 0.1) is 13.2 Å². The molecule has 28 heavy (non-hydrogen) atoms. The molecule has 0 radical (unpaired) electrons. The predicted molar refractivity (Wildman–Crippen MR) is 114 cm³/mol. The number of nitrogens with one attached hydrogen (secondary N) is 1. The van der Waals surface area contributed by atoms with E-state index in [1.54, 1.807) is 0 Å². The number of hydrogen-bond donors (Lipinski definition) is 2. The summed E-state index contributed by atoms with van der Waals surface area (Å²) in [5, 5.41) is 2.82. The number of ether oxygens (including phenoxy) is 2. The first-order chi connectivity index (χ1) is 12.8. The van der Waals surface area contributed by atoms with Crippen LogP contribution >= 0.6 is 24.0 Å². The fraction of sp³-hybridized carbons (Fsp3) is 0.316. The molecule has 0 saturated heterocycles. The van der Waals surface area contributed by atoms with E-state index >= 15 is 0 Å². The highest BCUT2D eigenvalue weighted by Crippen LogP contribution is 2.23. The van der Waals surface area contributed by atoms with Crippen LogP contribution in [0.2, 0.25) is 0 Å². The van der Waals surface area contributed by atoms with Crippen LogP contribution in [0.5, 0.6) is 5.75 Å².